The fourth-order valence-corrected chi connectivity index (χ4v) is 3.79. The molecule has 7 heteroatoms. The molecule has 3 N–H and O–H groups in total. The van der Waals surface area contributed by atoms with Crippen molar-refractivity contribution in [2.24, 2.45) is 5.92 Å². The van der Waals surface area contributed by atoms with Crippen molar-refractivity contribution in [1.29, 1.82) is 0 Å². The Morgan fingerprint density at radius 3 is 2.21 bits per heavy atom. The number of urea groups is 1. The van der Waals surface area contributed by atoms with Crippen LogP contribution in [0.2, 0.25) is 0 Å². The lowest BCUT2D eigenvalue weighted by Crippen LogP contribution is -2.35. The highest BCUT2D eigenvalue weighted by Gasteiger charge is 2.20. The number of hydrogen-bond donors (Lipinski definition) is 3. The van der Waals surface area contributed by atoms with Gasteiger partial charge in [-0.15, -0.1) is 0 Å². The number of carbonyl (C=O) groups is 2. The number of carbonyl (C=O) groups excluding carboxylic acids is 1. The molecule has 2 amide bonds. The molecule has 0 radical (unpaired) electrons. The molecule has 0 bridgehead atoms. The number of halogens is 1. The van der Waals surface area contributed by atoms with E-state index in [1.807, 2.05) is 12.1 Å². The molecule has 3 aromatic carbocycles. The highest BCUT2D eigenvalue weighted by molar-refractivity contribution is 6.03. The van der Waals surface area contributed by atoms with Gasteiger partial charge in [-0.2, -0.15) is 0 Å². The third-order valence-corrected chi connectivity index (χ3v) is 5.33. The van der Waals surface area contributed by atoms with Crippen LogP contribution in [0.15, 0.2) is 66.7 Å². The van der Waals surface area contributed by atoms with E-state index < -0.39 is 17.8 Å². The van der Waals surface area contributed by atoms with Crippen LogP contribution in [0.1, 0.15) is 38.1 Å². The average molecular weight is 464 g/mol. The summed E-state index contributed by atoms with van der Waals surface area (Å²) in [5.74, 6) is -1.20. The Morgan fingerprint density at radius 2 is 1.56 bits per heavy atom. The maximum absolute atomic E-state index is 14.0. The van der Waals surface area contributed by atoms with Crippen LogP contribution in [-0.4, -0.2) is 29.7 Å². The maximum Gasteiger partial charge on any atom is 0.336 e. The Labute approximate surface area is 199 Å². The van der Waals surface area contributed by atoms with Crippen LogP contribution < -0.4 is 15.5 Å². The molecule has 0 saturated carbocycles. The molecule has 34 heavy (non-hydrogen) atoms. The summed E-state index contributed by atoms with van der Waals surface area (Å²) in [7, 11) is 0. The molecular formula is C27H30FN3O3. The summed E-state index contributed by atoms with van der Waals surface area (Å²) in [5.41, 5.74) is 2.72. The smallest absolute Gasteiger partial charge is 0.336 e. The summed E-state index contributed by atoms with van der Waals surface area (Å²) in [6.45, 7) is 9.13. The first kappa shape index (κ1) is 24.8. The predicted molar refractivity (Wildman–Crippen MR) is 135 cm³/mol. The number of aromatic carboxylic acids is 1. The van der Waals surface area contributed by atoms with Gasteiger partial charge in [-0.1, -0.05) is 50.2 Å². The van der Waals surface area contributed by atoms with Crippen molar-refractivity contribution in [2.75, 3.05) is 22.1 Å². The second-order valence-electron chi connectivity index (χ2n) is 8.78. The molecule has 0 spiro atoms. The number of carboxylic acid groups (broad SMARTS) is 1. The molecule has 0 aliphatic carbocycles. The van der Waals surface area contributed by atoms with Gasteiger partial charge >= 0.3 is 12.0 Å². The first-order valence-corrected chi connectivity index (χ1v) is 11.2. The van der Waals surface area contributed by atoms with Crippen molar-refractivity contribution < 1.29 is 19.1 Å². The number of anilines is 3. The summed E-state index contributed by atoms with van der Waals surface area (Å²) >= 11 is 0. The van der Waals surface area contributed by atoms with Crippen molar-refractivity contribution in [3.8, 4) is 11.1 Å². The number of amides is 2. The first-order chi connectivity index (χ1) is 16.2. The van der Waals surface area contributed by atoms with Gasteiger partial charge in [0.15, 0.2) is 0 Å². The Morgan fingerprint density at radius 1 is 0.912 bits per heavy atom. The van der Waals surface area contributed by atoms with Crippen LogP contribution >= 0.6 is 0 Å². The number of nitrogens with zero attached hydrogens (tertiary/aromatic N) is 1. The first-order valence-electron chi connectivity index (χ1n) is 11.2. The lowest BCUT2D eigenvalue weighted by Gasteiger charge is -2.32. The van der Waals surface area contributed by atoms with Crippen LogP contribution in [0.25, 0.3) is 11.1 Å². The molecule has 0 fully saturated rings. The van der Waals surface area contributed by atoms with Crippen LogP contribution in [0.4, 0.5) is 26.2 Å². The second-order valence-corrected chi connectivity index (χ2v) is 8.78. The normalized spacial score (nSPS) is 10.9. The van der Waals surface area contributed by atoms with E-state index in [2.05, 4.69) is 43.2 Å². The number of benzene rings is 3. The van der Waals surface area contributed by atoms with Gasteiger partial charge in [0.1, 0.15) is 5.82 Å². The highest BCUT2D eigenvalue weighted by atomic mass is 19.1. The summed E-state index contributed by atoms with van der Waals surface area (Å²) < 4.78 is 14.0. The van der Waals surface area contributed by atoms with Crippen LogP contribution in [0, 0.1) is 11.7 Å². The van der Waals surface area contributed by atoms with Crippen molar-refractivity contribution in [3.63, 3.8) is 0 Å². The number of nitrogens with one attached hydrogen (secondary N) is 2. The Bertz CT molecular complexity index is 1180. The molecule has 0 heterocycles. The largest absolute Gasteiger partial charge is 0.478 e. The molecular weight excluding hydrogens is 433 g/mol. The zero-order valence-electron chi connectivity index (χ0n) is 19.8. The van der Waals surface area contributed by atoms with Gasteiger partial charge in [0.25, 0.3) is 0 Å². The van der Waals surface area contributed by atoms with Crippen LogP contribution in [-0.2, 0) is 0 Å². The fourth-order valence-electron chi connectivity index (χ4n) is 3.79. The highest BCUT2D eigenvalue weighted by Crippen LogP contribution is 2.34. The van der Waals surface area contributed by atoms with E-state index in [-0.39, 0.29) is 17.3 Å². The molecule has 0 aliphatic rings. The second kappa shape index (κ2) is 10.8. The maximum atomic E-state index is 14.0. The van der Waals surface area contributed by atoms with E-state index in [1.165, 1.54) is 12.1 Å². The lowest BCUT2D eigenvalue weighted by atomic mass is 9.98. The standard InChI is InChI=1S/C27H30FN3O3/c1-17(2)16-31(18(3)4)25-14-13-19(20-9-5-6-10-21(20)26(32)33)15-24(25)30-27(34)29-23-12-8-7-11-22(23)28/h5-15,17-18H,16H2,1-4H3,(H,32,33)(H2,29,30,34). The van der Waals surface area contributed by atoms with E-state index in [4.69, 9.17) is 0 Å². The van der Waals surface area contributed by atoms with Gasteiger partial charge in [0.2, 0.25) is 0 Å². The van der Waals surface area contributed by atoms with Gasteiger partial charge < -0.3 is 20.6 Å². The van der Waals surface area contributed by atoms with Gasteiger partial charge in [-0.05, 0) is 61.2 Å². The predicted octanol–water partition coefficient (Wildman–Crippen LogP) is 6.71. The zero-order valence-corrected chi connectivity index (χ0v) is 19.8. The molecule has 0 aliphatic heterocycles. The number of hydrogen-bond acceptors (Lipinski definition) is 3. The monoisotopic (exact) mass is 463 g/mol. The van der Waals surface area contributed by atoms with Gasteiger partial charge in [0.05, 0.1) is 22.6 Å². The third-order valence-electron chi connectivity index (χ3n) is 5.33. The fraction of sp³-hybridized carbons (Fsp3) is 0.259. The van der Waals surface area contributed by atoms with E-state index in [9.17, 15) is 19.1 Å². The Balaban J connectivity index is 2.05. The van der Waals surface area contributed by atoms with E-state index in [0.29, 0.717) is 22.7 Å². The average Bonchev–Trinajstić information content (AvgIpc) is 2.79. The van der Waals surface area contributed by atoms with Crippen molar-refractivity contribution in [1.82, 2.24) is 0 Å². The topological polar surface area (TPSA) is 81.7 Å². The number of para-hydroxylation sites is 1. The van der Waals surface area contributed by atoms with E-state index in [0.717, 1.165) is 12.2 Å². The SMILES string of the molecule is CC(C)CN(c1ccc(-c2ccccc2C(=O)O)cc1NC(=O)Nc1ccccc1F)C(C)C. The van der Waals surface area contributed by atoms with Crippen molar-refractivity contribution >= 4 is 29.1 Å². The summed E-state index contributed by atoms with van der Waals surface area (Å²) in [4.78, 5) is 26.8. The molecule has 3 rings (SSSR count). The number of carboxylic acids is 1. The summed E-state index contributed by atoms with van der Waals surface area (Å²) in [6, 6.07) is 17.7. The molecule has 0 unspecified atom stereocenters. The van der Waals surface area contributed by atoms with Gasteiger partial charge in [0, 0.05) is 12.6 Å². The molecule has 178 valence electrons. The molecule has 6 nitrogen and oxygen atoms in total. The minimum absolute atomic E-state index is 0.0665. The molecule has 0 saturated heterocycles. The Kier molecular flexibility index (Phi) is 7.89. The van der Waals surface area contributed by atoms with E-state index in [1.54, 1.807) is 42.5 Å². The van der Waals surface area contributed by atoms with Crippen LogP contribution in [0.5, 0.6) is 0 Å². The lowest BCUT2D eigenvalue weighted by molar-refractivity contribution is 0.0697. The number of rotatable bonds is 8. The van der Waals surface area contributed by atoms with Gasteiger partial charge in [-0.25, -0.2) is 14.0 Å². The van der Waals surface area contributed by atoms with Crippen molar-refractivity contribution in [2.45, 2.75) is 33.7 Å². The minimum atomic E-state index is -1.03. The van der Waals surface area contributed by atoms with Crippen LogP contribution in [0.3, 0.4) is 0 Å². The minimum Gasteiger partial charge on any atom is -0.478 e. The Hall–Kier alpha value is -3.87. The molecule has 3 aromatic rings. The third kappa shape index (κ3) is 5.92. The van der Waals surface area contributed by atoms with Gasteiger partial charge in [-0.3, -0.25) is 0 Å². The molecule has 0 aromatic heterocycles. The van der Waals surface area contributed by atoms with Crippen molar-refractivity contribution in [3.05, 3.63) is 78.1 Å². The quantitative estimate of drug-likeness (QED) is 0.347. The molecule has 0 atom stereocenters. The summed E-state index contributed by atoms with van der Waals surface area (Å²) in [5, 5.41) is 15.0. The van der Waals surface area contributed by atoms with E-state index >= 15 is 0 Å². The summed E-state index contributed by atoms with van der Waals surface area (Å²) in [6.07, 6.45) is 0. The zero-order chi connectivity index (χ0) is 24.8.